The van der Waals surface area contributed by atoms with Gasteiger partial charge < -0.3 is 9.15 Å². The van der Waals surface area contributed by atoms with Crippen LogP contribution in [0.5, 0.6) is 5.75 Å². The monoisotopic (exact) mass is 356 g/mol. The standard InChI is InChI=1S/C19H17ClN2O3/c1-13-18(11-22(2)21-13)19(23)9-8-15-6-7-17(25-15)12-24-16-5-3-4-14(20)10-16/h3-11H,12H2,1-2H3/b9-8-. The summed E-state index contributed by atoms with van der Waals surface area (Å²) in [6.45, 7) is 2.09. The number of carbonyl (C=O) groups excluding carboxylic acids is 1. The zero-order valence-corrected chi connectivity index (χ0v) is 14.7. The lowest BCUT2D eigenvalue weighted by atomic mass is 10.1. The fraction of sp³-hybridized carbons (Fsp3) is 0.158. The number of nitrogens with zero attached hydrogens (tertiary/aromatic N) is 2. The molecular weight excluding hydrogens is 340 g/mol. The summed E-state index contributed by atoms with van der Waals surface area (Å²) in [6, 6.07) is 10.8. The molecule has 0 aliphatic rings. The van der Waals surface area contributed by atoms with Crippen LogP contribution in [0.2, 0.25) is 5.02 Å². The van der Waals surface area contributed by atoms with Crippen LogP contribution < -0.4 is 4.74 Å². The third-order valence-electron chi connectivity index (χ3n) is 3.54. The van der Waals surface area contributed by atoms with Gasteiger partial charge in [-0.2, -0.15) is 5.10 Å². The van der Waals surface area contributed by atoms with Crippen LogP contribution in [0.1, 0.15) is 27.6 Å². The number of furan rings is 1. The zero-order valence-electron chi connectivity index (χ0n) is 13.9. The van der Waals surface area contributed by atoms with E-state index in [1.807, 2.05) is 18.2 Å². The van der Waals surface area contributed by atoms with Gasteiger partial charge >= 0.3 is 0 Å². The number of benzene rings is 1. The lowest BCUT2D eigenvalue weighted by Gasteiger charge is -2.03. The van der Waals surface area contributed by atoms with E-state index in [1.165, 1.54) is 6.08 Å². The topological polar surface area (TPSA) is 57.3 Å². The van der Waals surface area contributed by atoms with Crippen molar-refractivity contribution < 1.29 is 13.9 Å². The minimum Gasteiger partial charge on any atom is -0.486 e. The number of rotatable bonds is 6. The molecule has 0 bridgehead atoms. The molecule has 0 aliphatic carbocycles. The normalized spacial score (nSPS) is 11.2. The highest BCUT2D eigenvalue weighted by Gasteiger charge is 2.10. The lowest BCUT2D eigenvalue weighted by Crippen LogP contribution is -1.94. The first kappa shape index (κ1) is 17.0. The van der Waals surface area contributed by atoms with E-state index in [9.17, 15) is 4.79 Å². The minimum absolute atomic E-state index is 0.112. The fourth-order valence-electron chi connectivity index (χ4n) is 2.36. The molecule has 0 atom stereocenters. The van der Waals surface area contributed by atoms with Gasteiger partial charge in [-0.1, -0.05) is 17.7 Å². The van der Waals surface area contributed by atoms with Crippen LogP contribution in [0.3, 0.4) is 0 Å². The van der Waals surface area contributed by atoms with Crippen molar-refractivity contribution in [3.05, 3.63) is 76.5 Å². The average Bonchev–Trinajstić information content (AvgIpc) is 3.17. The number of halogens is 1. The van der Waals surface area contributed by atoms with Crippen LogP contribution >= 0.6 is 11.6 Å². The molecule has 128 valence electrons. The van der Waals surface area contributed by atoms with E-state index in [1.54, 1.807) is 49.1 Å². The Morgan fingerprint density at radius 2 is 2.20 bits per heavy atom. The molecule has 0 aliphatic heterocycles. The van der Waals surface area contributed by atoms with E-state index >= 15 is 0 Å². The Bertz CT molecular complexity index is 924. The molecule has 0 radical (unpaired) electrons. The molecule has 5 nitrogen and oxygen atoms in total. The number of hydrogen-bond donors (Lipinski definition) is 0. The van der Waals surface area contributed by atoms with Gasteiger partial charge in [0, 0.05) is 18.3 Å². The van der Waals surface area contributed by atoms with Crippen LogP contribution in [-0.2, 0) is 13.7 Å². The molecule has 1 aromatic carbocycles. The maximum absolute atomic E-state index is 12.2. The van der Waals surface area contributed by atoms with Gasteiger partial charge in [-0.25, -0.2) is 0 Å². The summed E-state index contributed by atoms with van der Waals surface area (Å²) < 4.78 is 12.9. The van der Waals surface area contributed by atoms with E-state index in [0.717, 1.165) is 0 Å². The molecule has 2 heterocycles. The first-order valence-electron chi connectivity index (χ1n) is 7.71. The van der Waals surface area contributed by atoms with E-state index in [2.05, 4.69) is 5.10 Å². The summed E-state index contributed by atoms with van der Waals surface area (Å²) in [5, 5.41) is 4.78. The quantitative estimate of drug-likeness (QED) is 0.483. The molecule has 0 saturated heterocycles. The van der Waals surface area contributed by atoms with Gasteiger partial charge in [0.15, 0.2) is 5.78 Å². The highest BCUT2D eigenvalue weighted by atomic mass is 35.5. The van der Waals surface area contributed by atoms with Crippen LogP contribution in [0.15, 0.2) is 53.1 Å². The molecule has 0 spiro atoms. The Morgan fingerprint density at radius 3 is 2.92 bits per heavy atom. The number of aromatic nitrogens is 2. The van der Waals surface area contributed by atoms with Gasteiger partial charge in [-0.05, 0) is 49.4 Å². The third kappa shape index (κ3) is 4.39. The Kier molecular flexibility index (Phi) is 5.05. The van der Waals surface area contributed by atoms with Crippen LogP contribution in [0, 0.1) is 6.92 Å². The summed E-state index contributed by atoms with van der Waals surface area (Å²) in [5.41, 5.74) is 1.28. The van der Waals surface area contributed by atoms with Crippen molar-refractivity contribution in [3.8, 4) is 5.75 Å². The van der Waals surface area contributed by atoms with Crippen molar-refractivity contribution in [1.82, 2.24) is 9.78 Å². The first-order valence-corrected chi connectivity index (χ1v) is 8.09. The Morgan fingerprint density at radius 1 is 1.36 bits per heavy atom. The van der Waals surface area contributed by atoms with Gasteiger partial charge in [0.1, 0.15) is 23.9 Å². The van der Waals surface area contributed by atoms with Crippen molar-refractivity contribution in [3.63, 3.8) is 0 Å². The number of ketones is 1. The molecule has 3 aromatic rings. The van der Waals surface area contributed by atoms with E-state index in [0.29, 0.717) is 33.6 Å². The van der Waals surface area contributed by atoms with E-state index in [-0.39, 0.29) is 12.4 Å². The SMILES string of the molecule is Cc1nn(C)cc1C(=O)/C=C\c1ccc(COc2cccc(Cl)c2)o1. The third-order valence-corrected chi connectivity index (χ3v) is 3.77. The number of carbonyl (C=O) groups is 1. The van der Waals surface area contributed by atoms with Crippen molar-refractivity contribution in [2.75, 3.05) is 0 Å². The summed E-state index contributed by atoms with van der Waals surface area (Å²) in [6.07, 6.45) is 4.82. The van der Waals surface area contributed by atoms with Crippen LogP contribution in [0.4, 0.5) is 0 Å². The molecule has 0 saturated carbocycles. The molecule has 6 heteroatoms. The van der Waals surface area contributed by atoms with E-state index in [4.69, 9.17) is 20.8 Å². The second kappa shape index (κ2) is 7.40. The minimum atomic E-state index is -0.112. The second-order valence-electron chi connectivity index (χ2n) is 5.55. The predicted molar refractivity (Wildman–Crippen MR) is 95.8 cm³/mol. The number of hydrogen-bond acceptors (Lipinski definition) is 4. The number of ether oxygens (including phenoxy) is 1. The largest absolute Gasteiger partial charge is 0.486 e. The van der Waals surface area contributed by atoms with Gasteiger partial charge in [0.25, 0.3) is 0 Å². The van der Waals surface area contributed by atoms with Gasteiger partial charge in [-0.3, -0.25) is 9.48 Å². The molecule has 3 rings (SSSR count). The molecule has 25 heavy (non-hydrogen) atoms. The maximum atomic E-state index is 12.2. The van der Waals surface area contributed by atoms with Gasteiger partial charge in [0.05, 0.1) is 11.3 Å². The molecule has 0 N–H and O–H groups in total. The fourth-order valence-corrected chi connectivity index (χ4v) is 2.54. The van der Waals surface area contributed by atoms with Crippen molar-refractivity contribution in [2.24, 2.45) is 7.05 Å². The summed E-state index contributed by atoms with van der Waals surface area (Å²) in [5.74, 6) is 1.80. The Balaban J connectivity index is 1.61. The zero-order chi connectivity index (χ0) is 17.8. The second-order valence-corrected chi connectivity index (χ2v) is 5.99. The summed E-state index contributed by atoms with van der Waals surface area (Å²) in [7, 11) is 1.78. The highest BCUT2D eigenvalue weighted by molar-refractivity contribution is 6.30. The Labute approximate surface area is 150 Å². The van der Waals surface area contributed by atoms with Crippen molar-refractivity contribution in [2.45, 2.75) is 13.5 Å². The number of aryl methyl sites for hydroxylation is 2. The van der Waals surface area contributed by atoms with Crippen molar-refractivity contribution in [1.29, 1.82) is 0 Å². The highest BCUT2D eigenvalue weighted by Crippen LogP contribution is 2.19. The Hall–Kier alpha value is -2.79. The lowest BCUT2D eigenvalue weighted by molar-refractivity contribution is 0.104. The molecule has 0 amide bonds. The predicted octanol–water partition coefficient (Wildman–Crippen LogP) is 4.45. The average molecular weight is 357 g/mol. The summed E-state index contributed by atoms with van der Waals surface area (Å²) in [4.78, 5) is 12.2. The smallest absolute Gasteiger partial charge is 0.189 e. The van der Waals surface area contributed by atoms with E-state index < -0.39 is 0 Å². The summed E-state index contributed by atoms with van der Waals surface area (Å²) >= 11 is 5.91. The molecule has 0 fully saturated rings. The molecule has 2 aromatic heterocycles. The molecular formula is C19H17ClN2O3. The maximum Gasteiger partial charge on any atom is 0.189 e. The van der Waals surface area contributed by atoms with Crippen molar-refractivity contribution >= 4 is 23.5 Å². The first-order chi connectivity index (χ1) is 12.0. The molecule has 0 unspecified atom stereocenters. The number of allylic oxidation sites excluding steroid dienone is 1. The van der Waals surface area contributed by atoms with Crippen LogP contribution in [0.25, 0.3) is 6.08 Å². The van der Waals surface area contributed by atoms with Gasteiger partial charge in [0.2, 0.25) is 0 Å². The van der Waals surface area contributed by atoms with Crippen LogP contribution in [-0.4, -0.2) is 15.6 Å². The van der Waals surface area contributed by atoms with Gasteiger partial charge in [-0.15, -0.1) is 0 Å².